The lowest BCUT2D eigenvalue weighted by molar-refractivity contribution is 0.573. The molecule has 1 aromatic heterocycles. The smallest absolute Gasteiger partial charge is 0.155 e. The Morgan fingerprint density at radius 3 is 2.65 bits per heavy atom. The molecule has 0 atom stereocenters. The summed E-state index contributed by atoms with van der Waals surface area (Å²) in [4.78, 5) is 11.1. The maximum absolute atomic E-state index is 6.33. The van der Waals surface area contributed by atoms with Crippen LogP contribution in [0.3, 0.4) is 0 Å². The van der Waals surface area contributed by atoms with E-state index in [2.05, 4.69) is 33.9 Å². The summed E-state index contributed by atoms with van der Waals surface area (Å²) in [5.41, 5.74) is 10.1. The van der Waals surface area contributed by atoms with Gasteiger partial charge in [0.25, 0.3) is 0 Å². The van der Waals surface area contributed by atoms with E-state index in [0.717, 1.165) is 30.2 Å². The number of nitrogen functional groups attached to an aromatic ring is 1. The van der Waals surface area contributed by atoms with Crippen LogP contribution in [0, 0.1) is 6.92 Å². The van der Waals surface area contributed by atoms with Crippen LogP contribution in [-0.2, 0) is 0 Å². The van der Waals surface area contributed by atoms with Crippen molar-refractivity contribution >= 4 is 11.5 Å². The lowest BCUT2D eigenvalue weighted by atomic mass is 10.1. The average molecular weight is 268 g/mol. The topological polar surface area (TPSA) is 55.0 Å². The minimum atomic E-state index is 0.694. The molecule has 2 aromatic rings. The highest BCUT2D eigenvalue weighted by atomic mass is 15.2. The summed E-state index contributed by atoms with van der Waals surface area (Å²) in [6.07, 6.45) is 5.34. The molecule has 3 rings (SSSR count). The Bertz CT molecular complexity index is 603. The normalized spacial score (nSPS) is 15.3. The first-order chi connectivity index (χ1) is 9.75. The second-order valence-corrected chi connectivity index (χ2v) is 5.38. The predicted molar refractivity (Wildman–Crippen MR) is 82.7 cm³/mol. The van der Waals surface area contributed by atoms with Crippen LogP contribution < -0.4 is 10.6 Å². The van der Waals surface area contributed by atoms with Gasteiger partial charge in [-0.3, -0.25) is 0 Å². The summed E-state index contributed by atoms with van der Waals surface area (Å²) in [7, 11) is 0. The summed E-state index contributed by atoms with van der Waals surface area (Å²) in [5.74, 6) is 0.885. The summed E-state index contributed by atoms with van der Waals surface area (Å²) < 4.78 is 0. The number of anilines is 2. The van der Waals surface area contributed by atoms with E-state index in [0.29, 0.717) is 5.69 Å². The Labute approximate surface area is 119 Å². The molecule has 0 aliphatic carbocycles. The lowest BCUT2D eigenvalue weighted by Gasteiger charge is -2.28. The fraction of sp³-hybridized carbons (Fsp3) is 0.375. The van der Waals surface area contributed by atoms with Gasteiger partial charge in [-0.25, -0.2) is 9.97 Å². The second kappa shape index (κ2) is 5.49. The van der Waals surface area contributed by atoms with Crippen LogP contribution in [0.25, 0.3) is 11.3 Å². The molecule has 0 spiro atoms. The van der Waals surface area contributed by atoms with Crippen molar-refractivity contribution in [3.63, 3.8) is 0 Å². The van der Waals surface area contributed by atoms with Gasteiger partial charge >= 0.3 is 0 Å². The number of hydrogen-bond donors (Lipinski definition) is 1. The molecule has 0 unspecified atom stereocenters. The zero-order valence-corrected chi connectivity index (χ0v) is 11.8. The second-order valence-electron chi connectivity index (χ2n) is 5.38. The minimum absolute atomic E-state index is 0.694. The van der Waals surface area contributed by atoms with Gasteiger partial charge in [0.15, 0.2) is 5.82 Å². The fourth-order valence-electron chi connectivity index (χ4n) is 2.77. The van der Waals surface area contributed by atoms with Crippen molar-refractivity contribution in [2.24, 2.45) is 0 Å². The third kappa shape index (κ3) is 2.46. The molecule has 1 saturated heterocycles. The number of nitrogens with zero attached hydrogens (tertiary/aromatic N) is 3. The summed E-state index contributed by atoms with van der Waals surface area (Å²) >= 11 is 0. The predicted octanol–water partition coefficient (Wildman–Crippen LogP) is 3.02. The standard InChI is InChI=1S/C16H20N4/c1-12-6-5-7-13(10-12)15-14(17)16(19-11-18-15)20-8-3-2-4-9-20/h5-7,10-11H,2-4,8-9,17H2,1H3. The molecule has 2 N–H and O–H groups in total. The van der Waals surface area contributed by atoms with E-state index < -0.39 is 0 Å². The first kappa shape index (κ1) is 12.9. The summed E-state index contributed by atoms with van der Waals surface area (Å²) in [6.45, 7) is 4.15. The van der Waals surface area contributed by atoms with Gasteiger partial charge in [-0.15, -0.1) is 0 Å². The van der Waals surface area contributed by atoms with E-state index in [1.807, 2.05) is 12.1 Å². The van der Waals surface area contributed by atoms with Gasteiger partial charge in [0.05, 0.1) is 5.69 Å². The van der Waals surface area contributed by atoms with Gasteiger partial charge in [-0.2, -0.15) is 0 Å². The van der Waals surface area contributed by atoms with Crippen LogP contribution in [0.5, 0.6) is 0 Å². The van der Waals surface area contributed by atoms with Crippen LogP contribution in [0.2, 0.25) is 0 Å². The fourth-order valence-corrected chi connectivity index (χ4v) is 2.77. The molecule has 1 aliphatic rings. The SMILES string of the molecule is Cc1cccc(-c2ncnc(N3CCCCC3)c2N)c1. The molecule has 1 fully saturated rings. The number of aromatic nitrogens is 2. The highest BCUT2D eigenvalue weighted by Crippen LogP contribution is 2.31. The number of hydrogen-bond acceptors (Lipinski definition) is 4. The van der Waals surface area contributed by atoms with E-state index in [1.165, 1.54) is 24.8 Å². The monoisotopic (exact) mass is 268 g/mol. The zero-order valence-electron chi connectivity index (χ0n) is 11.8. The number of aryl methyl sites for hydroxylation is 1. The van der Waals surface area contributed by atoms with E-state index in [4.69, 9.17) is 5.73 Å². The highest BCUT2D eigenvalue weighted by Gasteiger charge is 2.17. The van der Waals surface area contributed by atoms with E-state index in [9.17, 15) is 0 Å². The molecule has 1 aromatic carbocycles. The Morgan fingerprint density at radius 1 is 1.10 bits per heavy atom. The van der Waals surface area contributed by atoms with Crippen molar-refractivity contribution in [2.75, 3.05) is 23.7 Å². The molecule has 0 bridgehead atoms. The molecule has 0 saturated carbocycles. The first-order valence-corrected chi connectivity index (χ1v) is 7.18. The maximum Gasteiger partial charge on any atom is 0.155 e. The van der Waals surface area contributed by atoms with Crippen molar-refractivity contribution in [2.45, 2.75) is 26.2 Å². The Balaban J connectivity index is 2.00. The van der Waals surface area contributed by atoms with Crippen molar-refractivity contribution in [1.29, 1.82) is 0 Å². The quantitative estimate of drug-likeness (QED) is 0.909. The van der Waals surface area contributed by atoms with E-state index >= 15 is 0 Å². The number of piperidine rings is 1. The molecule has 4 nitrogen and oxygen atoms in total. The molecular weight excluding hydrogens is 248 g/mol. The average Bonchev–Trinajstić information content (AvgIpc) is 2.48. The Kier molecular flexibility index (Phi) is 3.54. The third-order valence-corrected chi connectivity index (χ3v) is 3.81. The van der Waals surface area contributed by atoms with E-state index in [1.54, 1.807) is 6.33 Å². The lowest BCUT2D eigenvalue weighted by Crippen LogP contribution is -2.31. The third-order valence-electron chi connectivity index (χ3n) is 3.81. The van der Waals surface area contributed by atoms with E-state index in [-0.39, 0.29) is 0 Å². The Morgan fingerprint density at radius 2 is 1.90 bits per heavy atom. The highest BCUT2D eigenvalue weighted by molar-refractivity contribution is 5.80. The Hall–Kier alpha value is -2.10. The first-order valence-electron chi connectivity index (χ1n) is 7.18. The molecule has 0 radical (unpaired) electrons. The summed E-state index contributed by atoms with van der Waals surface area (Å²) in [5, 5.41) is 0. The van der Waals surface area contributed by atoms with Crippen LogP contribution in [-0.4, -0.2) is 23.1 Å². The number of benzene rings is 1. The molecule has 20 heavy (non-hydrogen) atoms. The van der Waals surface area contributed by atoms with Gasteiger partial charge in [0.1, 0.15) is 12.0 Å². The van der Waals surface area contributed by atoms with Crippen LogP contribution >= 0.6 is 0 Å². The van der Waals surface area contributed by atoms with Crippen molar-refractivity contribution in [3.05, 3.63) is 36.2 Å². The van der Waals surface area contributed by atoms with Gasteiger partial charge in [-0.05, 0) is 32.3 Å². The minimum Gasteiger partial charge on any atom is -0.394 e. The number of nitrogens with two attached hydrogens (primary N) is 1. The largest absolute Gasteiger partial charge is 0.394 e. The van der Waals surface area contributed by atoms with Crippen LogP contribution in [0.4, 0.5) is 11.5 Å². The molecule has 104 valence electrons. The molecule has 1 aliphatic heterocycles. The number of rotatable bonds is 2. The molecule has 4 heteroatoms. The van der Waals surface area contributed by atoms with Gasteiger partial charge in [0, 0.05) is 18.7 Å². The van der Waals surface area contributed by atoms with Gasteiger partial charge in [0.2, 0.25) is 0 Å². The molecule has 2 heterocycles. The maximum atomic E-state index is 6.33. The molecule has 0 amide bonds. The van der Waals surface area contributed by atoms with Crippen LogP contribution in [0.15, 0.2) is 30.6 Å². The van der Waals surface area contributed by atoms with Gasteiger partial charge in [-0.1, -0.05) is 23.8 Å². The van der Waals surface area contributed by atoms with Crippen molar-refractivity contribution in [3.8, 4) is 11.3 Å². The van der Waals surface area contributed by atoms with Gasteiger partial charge < -0.3 is 10.6 Å². The molecular formula is C16H20N4. The van der Waals surface area contributed by atoms with Crippen LogP contribution in [0.1, 0.15) is 24.8 Å². The van der Waals surface area contributed by atoms with Crippen molar-refractivity contribution < 1.29 is 0 Å². The zero-order chi connectivity index (χ0) is 13.9. The van der Waals surface area contributed by atoms with Crippen molar-refractivity contribution in [1.82, 2.24) is 9.97 Å². The summed E-state index contributed by atoms with van der Waals surface area (Å²) in [6, 6.07) is 8.27.